The standard InChI is InChI=1S/C10H15N5O/c1-6(2)7(3)11-8-4-5-9-12-13-10(16)15(9)14-8/h4-7H,1-3H3,(H,11,14)(H,13,16). The fourth-order valence-corrected chi connectivity index (χ4v) is 1.28. The van der Waals surface area contributed by atoms with E-state index in [0.717, 1.165) is 0 Å². The third-order valence-corrected chi connectivity index (χ3v) is 2.65. The van der Waals surface area contributed by atoms with E-state index in [1.807, 2.05) is 6.07 Å². The van der Waals surface area contributed by atoms with Gasteiger partial charge in [0.1, 0.15) is 5.82 Å². The van der Waals surface area contributed by atoms with Gasteiger partial charge in [0.25, 0.3) is 0 Å². The molecule has 0 saturated carbocycles. The molecule has 0 aliphatic carbocycles. The molecule has 2 heterocycles. The molecular formula is C10H15N5O. The van der Waals surface area contributed by atoms with Crippen molar-refractivity contribution in [3.05, 3.63) is 22.6 Å². The summed E-state index contributed by atoms with van der Waals surface area (Å²) in [6.07, 6.45) is 0. The summed E-state index contributed by atoms with van der Waals surface area (Å²) in [4.78, 5) is 11.3. The number of nitrogens with zero attached hydrogens (tertiary/aromatic N) is 3. The van der Waals surface area contributed by atoms with Crippen LogP contribution in [0.3, 0.4) is 0 Å². The Bertz CT molecular complexity index is 541. The van der Waals surface area contributed by atoms with Gasteiger partial charge in [-0.3, -0.25) is 0 Å². The molecule has 0 spiro atoms. The summed E-state index contributed by atoms with van der Waals surface area (Å²) in [5.74, 6) is 1.18. The summed E-state index contributed by atoms with van der Waals surface area (Å²) < 4.78 is 1.25. The van der Waals surface area contributed by atoms with Gasteiger partial charge in [0, 0.05) is 6.04 Å². The van der Waals surface area contributed by atoms with E-state index >= 15 is 0 Å². The molecule has 0 aliphatic rings. The van der Waals surface area contributed by atoms with Gasteiger partial charge in [0.05, 0.1) is 0 Å². The Morgan fingerprint density at radius 1 is 1.38 bits per heavy atom. The topological polar surface area (TPSA) is 75.1 Å². The van der Waals surface area contributed by atoms with Crippen LogP contribution in [0.1, 0.15) is 20.8 Å². The molecule has 6 heteroatoms. The smallest absolute Gasteiger partial charge is 0.364 e. The summed E-state index contributed by atoms with van der Waals surface area (Å²) in [7, 11) is 0. The van der Waals surface area contributed by atoms with Crippen molar-refractivity contribution in [2.24, 2.45) is 5.92 Å². The lowest BCUT2D eigenvalue weighted by molar-refractivity contribution is 0.557. The zero-order valence-corrected chi connectivity index (χ0v) is 9.56. The lowest BCUT2D eigenvalue weighted by Crippen LogP contribution is -2.23. The van der Waals surface area contributed by atoms with Crippen LogP contribution in [0.15, 0.2) is 16.9 Å². The van der Waals surface area contributed by atoms with Crippen molar-refractivity contribution in [1.29, 1.82) is 0 Å². The molecule has 1 unspecified atom stereocenters. The summed E-state index contributed by atoms with van der Waals surface area (Å²) >= 11 is 0. The van der Waals surface area contributed by atoms with Crippen LogP contribution in [-0.2, 0) is 0 Å². The third-order valence-electron chi connectivity index (χ3n) is 2.65. The van der Waals surface area contributed by atoms with Crippen molar-refractivity contribution in [2.75, 3.05) is 5.32 Å². The molecule has 0 aliphatic heterocycles. The number of aromatic amines is 1. The first-order valence-electron chi connectivity index (χ1n) is 5.29. The minimum atomic E-state index is -0.323. The van der Waals surface area contributed by atoms with E-state index in [1.165, 1.54) is 4.52 Å². The average Bonchev–Trinajstić information content (AvgIpc) is 2.60. The Labute approximate surface area is 92.7 Å². The van der Waals surface area contributed by atoms with E-state index in [0.29, 0.717) is 23.4 Å². The maximum atomic E-state index is 11.3. The highest BCUT2D eigenvalue weighted by Crippen LogP contribution is 2.09. The monoisotopic (exact) mass is 221 g/mol. The fourth-order valence-electron chi connectivity index (χ4n) is 1.28. The SMILES string of the molecule is CC(C)C(C)Nc1ccc2n[nH]c(=O)n2n1. The molecule has 0 saturated heterocycles. The number of H-pyrrole nitrogens is 1. The third kappa shape index (κ3) is 1.91. The largest absolute Gasteiger partial charge is 0.366 e. The van der Waals surface area contributed by atoms with Crippen LogP contribution in [0.2, 0.25) is 0 Å². The van der Waals surface area contributed by atoms with Gasteiger partial charge in [-0.2, -0.15) is 9.61 Å². The molecule has 2 N–H and O–H groups in total. The predicted octanol–water partition coefficient (Wildman–Crippen LogP) is 0.874. The number of aromatic nitrogens is 4. The number of hydrogen-bond acceptors (Lipinski definition) is 4. The van der Waals surface area contributed by atoms with Crippen LogP contribution >= 0.6 is 0 Å². The summed E-state index contributed by atoms with van der Waals surface area (Å²) in [5, 5.41) is 13.6. The van der Waals surface area contributed by atoms with Gasteiger partial charge >= 0.3 is 5.69 Å². The molecule has 86 valence electrons. The lowest BCUT2D eigenvalue weighted by Gasteiger charge is -2.17. The predicted molar refractivity (Wildman–Crippen MR) is 61.5 cm³/mol. The second-order valence-electron chi connectivity index (χ2n) is 4.19. The summed E-state index contributed by atoms with van der Waals surface area (Å²) in [5.41, 5.74) is 0.198. The zero-order chi connectivity index (χ0) is 11.7. The van der Waals surface area contributed by atoms with Gasteiger partial charge in [-0.05, 0) is 25.0 Å². The average molecular weight is 221 g/mol. The molecule has 2 aromatic heterocycles. The minimum Gasteiger partial charge on any atom is -0.366 e. The number of anilines is 1. The highest BCUT2D eigenvalue weighted by molar-refractivity contribution is 5.43. The van der Waals surface area contributed by atoms with Gasteiger partial charge in [-0.15, -0.1) is 5.10 Å². The normalized spacial score (nSPS) is 13.2. The first-order valence-corrected chi connectivity index (χ1v) is 5.29. The lowest BCUT2D eigenvalue weighted by atomic mass is 10.1. The van der Waals surface area contributed by atoms with E-state index in [2.05, 4.69) is 41.4 Å². The van der Waals surface area contributed by atoms with Crippen LogP contribution in [0.5, 0.6) is 0 Å². The van der Waals surface area contributed by atoms with Gasteiger partial charge in [-0.25, -0.2) is 9.89 Å². The van der Waals surface area contributed by atoms with E-state index in [1.54, 1.807) is 6.07 Å². The highest BCUT2D eigenvalue weighted by Gasteiger charge is 2.08. The number of hydrogen-bond donors (Lipinski definition) is 2. The Morgan fingerprint density at radius 2 is 2.12 bits per heavy atom. The molecule has 6 nitrogen and oxygen atoms in total. The molecule has 0 bridgehead atoms. The van der Waals surface area contributed by atoms with Gasteiger partial charge in [-0.1, -0.05) is 13.8 Å². The van der Waals surface area contributed by atoms with Crippen molar-refractivity contribution < 1.29 is 0 Å². The van der Waals surface area contributed by atoms with Crippen molar-refractivity contribution in [3.8, 4) is 0 Å². The summed E-state index contributed by atoms with van der Waals surface area (Å²) in [6, 6.07) is 3.86. The fraction of sp³-hybridized carbons (Fsp3) is 0.500. The molecule has 0 amide bonds. The molecule has 1 atom stereocenters. The molecule has 0 radical (unpaired) electrons. The number of rotatable bonds is 3. The Kier molecular flexibility index (Phi) is 2.64. The Morgan fingerprint density at radius 3 is 2.81 bits per heavy atom. The Hall–Kier alpha value is -1.85. The zero-order valence-electron chi connectivity index (χ0n) is 9.56. The number of fused-ring (bicyclic) bond motifs is 1. The minimum absolute atomic E-state index is 0.299. The quantitative estimate of drug-likeness (QED) is 0.806. The van der Waals surface area contributed by atoms with E-state index < -0.39 is 0 Å². The van der Waals surface area contributed by atoms with Crippen molar-refractivity contribution in [1.82, 2.24) is 19.8 Å². The maximum absolute atomic E-state index is 11.3. The molecule has 0 fully saturated rings. The first-order chi connectivity index (χ1) is 7.58. The van der Waals surface area contributed by atoms with Crippen molar-refractivity contribution >= 4 is 11.5 Å². The van der Waals surface area contributed by atoms with Crippen molar-refractivity contribution in [2.45, 2.75) is 26.8 Å². The van der Waals surface area contributed by atoms with Gasteiger partial charge in [0.2, 0.25) is 0 Å². The van der Waals surface area contributed by atoms with Crippen LogP contribution in [0.25, 0.3) is 5.65 Å². The van der Waals surface area contributed by atoms with Crippen LogP contribution in [0, 0.1) is 5.92 Å². The molecule has 16 heavy (non-hydrogen) atoms. The maximum Gasteiger partial charge on any atom is 0.364 e. The number of nitrogens with one attached hydrogen (secondary N) is 2. The van der Waals surface area contributed by atoms with E-state index in [9.17, 15) is 4.79 Å². The molecule has 2 aromatic rings. The van der Waals surface area contributed by atoms with Crippen LogP contribution in [0.4, 0.5) is 5.82 Å². The molecular weight excluding hydrogens is 206 g/mol. The van der Waals surface area contributed by atoms with Crippen molar-refractivity contribution in [3.63, 3.8) is 0 Å². The Balaban J connectivity index is 2.32. The van der Waals surface area contributed by atoms with E-state index in [4.69, 9.17) is 0 Å². The summed E-state index contributed by atoms with van der Waals surface area (Å²) in [6.45, 7) is 6.33. The second kappa shape index (κ2) is 3.96. The molecule has 0 aromatic carbocycles. The van der Waals surface area contributed by atoms with E-state index in [-0.39, 0.29) is 5.69 Å². The van der Waals surface area contributed by atoms with Gasteiger partial charge in [0.15, 0.2) is 5.65 Å². The van der Waals surface area contributed by atoms with Crippen LogP contribution in [-0.4, -0.2) is 25.9 Å². The molecule has 2 rings (SSSR count). The second-order valence-corrected chi connectivity index (χ2v) is 4.19. The van der Waals surface area contributed by atoms with Crippen LogP contribution < -0.4 is 11.0 Å². The highest BCUT2D eigenvalue weighted by atomic mass is 16.2. The van der Waals surface area contributed by atoms with Gasteiger partial charge < -0.3 is 5.32 Å². The first kappa shape index (κ1) is 10.7.